The number of non-ortho nitro benzene ring substituents is 1. The topological polar surface area (TPSA) is 110 Å². The predicted octanol–water partition coefficient (Wildman–Crippen LogP) is 3.03. The summed E-state index contributed by atoms with van der Waals surface area (Å²) >= 11 is 1.39. The first kappa shape index (κ1) is 19.7. The molecule has 1 saturated heterocycles. The van der Waals surface area contributed by atoms with Crippen molar-refractivity contribution < 1.29 is 24.4 Å². The smallest absolute Gasteiger partial charge is 0.295 e. The molecular formula is C19H18N2O6S. The summed E-state index contributed by atoms with van der Waals surface area (Å²) in [5, 5.41) is 23.5. The molecule has 0 saturated carbocycles. The Bertz CT molecular complexity index is 963. The lowest BCUT2D eigenvalue weighted by Crippen LogP contribution is -2.32. The highest BCUT2D eigenvalue weighted by Crippen LogP contribution is 2.42. The van der Waals surface area contributed by atoms with Gasteiger partial charge in [-0.05, 0) is 36.1 Å². The van der Waals surface area contributed by atoms with Crippen molar-refractivity contribution in [2.45, 2.75) is 13.0 Å². The Morgan fingerprint density at radius 3 is 2.50 bits per heavy atom. The van der Waals surface area contributed by atoms with Crippen LogP contribution in [0.1, 0.15) is 22.0 Å². The van der Waals surface area contributed by atoms with Crippen molar-refractivity contribution in [3.63, 3.8) is 0 Å². The summed E-state index contributed by atoms with van der Waals surface area (Å²) in [7, 11) is 1.50. The number of Topliss-reactive ketones (excluding diaryl/α,β-unsaturated/α-hetero) is 1. The fourth-order valence-electron chi connectivity index (χ4n) is 3.13. The highest BCUT2D eigenvalue weighted by Gasteiger charge is 2.46. The average molecular weight is 402 g/mol. The summed E-state index contributed by atoms with van der Waals surface area (Å²) in [5.41, 5.74) is 0.965. The van der Waals surface area contributed by atoms with Gasteiger partial charge in [0.2, 0.25) is 0 Å². The number of hydrogen-bond acceptors (Lipinski definition) is 7. The van der Waals surface area contributed by atoms with Gasteiger partial charge in [-0.3, -0.25) is 19.7 Å². The molecule has 28 heavy (non-hydrogen) atoms. The molecule has 146 valence electrons. The molecule has 1 atom stereocenters. The molecule has 3 rings (SSSR count). The molecular weight excluding hydrogens is 384 g/mol. The first-order chi connectivity index (χ1) is 13.4. The fourth-order valence-corrected chi connectivity index (χ4v) is 4.18. The van der Waals surface area contributed by atoms with Gasteiger partial charge < -0.3 is 14.7 Å². The first-order valence-electron chi connectivity index (χ1n) is 8.43. The lowest BCUT2D eigenvalue weighted by molar-refractivity contribution is -0.384. The van der Waals surface area contributed by atoms with Crippen LogP contribution < -0.4 is 0 Å². The van der Waals surface area contributed by atoms with E-state index in [4.69, 9.17) is 4.74 Å². The zero-order valence-corrected chi connectivity index (χ0v) is 16.1. The lowest BCUT2D eigenvalue weighted by atomic mass is 9.98. The number of rotatable bonds is 6. The third-order valence-corrected chi connectivity index (χ3v) is 5.65. The standard InChI is InChI=1S/C19H18N2O6S/c1-11-7-10-28-18(11)15-14(17(23)19(24)20(15)8-9-27-2)16(22)12-3-5-13(6-4-12)21(25)26/h3-7,10,15,22H,8-9H2,1-2H3/b16-14-. The van der Waals surface area contributed by atoms with Crippen LogP contribution in [0.5, 0.6) is 0 Å². The van der Waals surface area contributed by atoms with Gasteiger partial charge in [0.15, 0.2) is 0 Å². The third kappa shape index (κ3) is 3.41. The number of likely N-dealkylation sites (tertiary alicyclic amines) is 1. The maximum atomic E-state index is 12.7. The van der Waals surface area contributed by atoms with Crippen LogP contribution in [0.4, 0.5) is 5.69 Å². The number of aliphatic hydroxyl groups excluding tert-OH is 1. The number of ether oxygens (including phenoxy) is 1. The minimum atomic E-state index is -0.787. The van der Waals surface area contributed by atoms with Crippen LogP contribution in [0, 0.1) is 17.0 Å². The molecule has 0 bridgehead atoms. The van der Waals surface area contributed by atoms with Crippen molar-refractivity contribution >= 4 is 34.5 Å². The molecule has 1 amide bonds. The van der Waals surface area contributed by atoms with Gasteiger partial charge in [-0.15, -0.1) is 11.3 Å². The van der Waals surface area contributed by atoms with E-state index in [1.807, 2.05) is 18.4 Å². The largest absolute Gasteiger partial charge is 0.507 e. The van der Waals surface area contributed by atoms with Gasteiger partial charge in [0.25, 0.3) is 17.4 Å². The number of ketones is 1. The molecule has 1 N–H and O–H groups in total. The van der Waals surface area contributed by atoms with Crippen molar-refractivity contribution in [1.82, 2.24) is 4.90 Å². The van der Waals surface area contributed by atoms with E-state index in [0.29, 0.717) is 0 Å². The maximum absolute atomic E-state index is 12.7. The second-order valence-corrected chi connectivity index (χ2v) is 7.20. The molecule has 0 spiro atoms. The first-order valence-corrected chi connectivity index (χ1v) is 9.31. The summed E-state index contributed by atoms with van der Waals surface area (Å²) in [6, 6.07) is 6.33. The Morgan fingerprint density at radius 1 is 1.29 bits per heavy atom. The lowest BCUT2D eigenvalue weighted by Gasteiger charge is -2.24. The molecule has 1 aliphatic heterocycles. The number of thiophene rings is 1. The minimum absolute atomic E-state index is 0.0273. The van der Waals surface area contributed by atoms with Gasteiger partial charge in [-0.1, -0.05) is 0 Å². The Balaban J connectivity index is 2.13. The van der Waals surface area contributed by atoms with E-state index >= 15 is 0 Å². The fraction of sp³-hybridized carbons (Fsp3) is 0.263. The number of nitrogens with zero attached hydrogens (tertiary/aromatic N) is 2. The second-order valence-electron chi connectivity index (χ2n) is 6.26. The Labute approximate surface area is 164 Å². The van der Waals surface area contributed by atoms with E-state index in [1.165, 1.54) is 47.6 Å². The zero-order chi connectivity index (χ0) is 20.4. The van der Waals surface area contributed by atoms with Crippen LogP contribution in [-0.4, -0.2) is 46.9 Å². The number of methoxy groups -OCH3 is 1. The maximum Gasteiger partial charge on any atom is 0.295 e. The number of carbonyl (C=O) groups excluding carboxylic acids is 2. The number of hydrogen-bond donors (Lipinski definition) is 1. The van der Waals surface area contributed by atoms with Crippen LogP contribution >= 0.6 is 11.3 Å². The van der Waals surface area contributed by atoms with E-state index in [0.717, 1.165) is 10.4 Å². The average Bonchev–Trinajstić information content (AvgIpc) is 3.21. The van der Waals surface area contributed by atoms with E-state index in [2.05, 4.69) is 0 Å². The highest BCUT2D eigenvalue weighted by molar-refractivity contribution is 7.10. The minimum Gasteiger partial charge on any atom is -0.507 e. The number of aryl methyl sites for hydroxylation is 1. The molecule has 1 aromatic heterocycles. The van der Waals surface area contributed by atoms with Crippen LogP contribution in [-0.2, 0) is 14.3 Å². The molecule has 2 heterocycles. The summed E-state index contributed by atoms with van der Waals surface area (Å²) in [4.78, 5) is 37.8. The summed E-state index contributed by atoms with van der Waals surface area (Å²) in [6.45, 7) is 2.31. The van der Waals surface area contributed by atoms with E-state index < -0.39 is 22.7 Å². The number of nitro groups is 1. The molecule has 1 aliphatic rings. The Kier molecular flexibility index (Phi) is 5.57. The van der Waals surface area contributed by atoms with E-state index in [9.17, 15) is 24.8 Å². The summed E-state index contributed by atoms with van der Waals surface area (Å²) < 4.78 is 5.06. The molecule has 0 aliphatic carbocycles. The van der Waals surface area contributed by atoms with Crippen LogP contribution in [0.2, 0.25) is 0 Å². The van der Waals surface area contributed by atoms with Crippen LogP contribution in [0.25, 0.3) is 5.76 Å². The highest BCUT2D eigenvalue weighted by atomic mass is 32.1. The van der Waals surface area contributed by atoms with Gasteiger partial charge in [0, 0.05) is 36.2 Å². The van der Waals surface area contributed by atoms with E-state index in [1.54, 1.807) is 0 Å². The van der Waals surface area contributed by atoms with Gasteiger partial charge in [-0.25, -0.2) is 0 Å². The molecule has 1 aromatic carbocycles. The van der Waals surface area contributed by atoms with Gasteiger partial charge >= 0.3 is 0 Å². The SMILES string of the molecule is COCCN1C(=O)C(=O)/C(=C(\O)c2ccc([N+](=O)[O-])cc2)C1c1sccc1C. The van der Waals surface area contributed by atoms with Gasteiger partial charge in [0.05, 0.1) is 23.1 Å². The number of benzene rings is 1. The predicted molar refractivity (Wildman–Crippen MR) is 103 cm³/mol. The van der Waals surface area contributed by atoms with Crippen LogP contribution in [0.3, 0.4) is 0 Å². The molecule has 9 heteroatoms. The van der Waals surface area contributed by atoms with Crippen LogP contribution in [0.15, 0.2) is 41.3 Å². The summed E-state index contributed by atoms with van der Waals surface area (Å²) in [5.74, 6) is -1.85. The van der Waals surface area contributed by atoms with Crippen molar-refractivity contribution in [2.24, 2.45) is 0 Å². The zero-order valence-electron chi connectivity index (χ0n) is 15.2. The molecule has 1 fully saturated rings. The molecule has 8 nitrogen and oxygen atoms in total. The third-order valence-electron chi connectivity index (χ3n) is 4.58. The molecule has 0 radical (unpaired) electrons. The van der Waals surface area contributed by atoms with Crippen molar-refractivity contribution in [3.05, 3.63) is 67.4 Å². The quantitative estimate of drug-likeness (QED) is 0.261. The monoisotopic (exact) mass is 402 g/mol. The van der Waals surface area contributed by atoms with Crippen molar-refractivity contribution in [3.8, 4) is 0 Å². The number of amides is 1. The van der Waals surface area contributed by atoms with E-state index in [-0.39, 0.29) is 35.7 Å². The Morgan fingerprint density at radius 2 is 1.96 bits per heavy atom. The Hall–Kier alpha value is -3.04. The van der Waals surface area contributed by atoms with Gasteiger partial charge in [0.1, 0.15) is 5.76 Å². The number of carbonyl (C=O) groups is 2. The molecule has 1 unspecified atom stereocenters. The van der Waals surface area contributed by atoms with Gasteiger partial charge in [-0.2, -0.15) is 0 Å². The normalized spacial score (nSPS) is 18.6. The molecule has 2 aromatic rings. The number of aliphatic hydroxyl groups is 1. The van der Waals surface area contributed by atoms with Crippen molar-refractivity contribution in [2.75, 3.05) is 20.3 Å². The second kappa shape index (κ2) is 7.91. The number of nitro benzene ring substituents is 1. The van der Waals surface area contributed by atoms with Crippen molar-refractivity contribution in [1.29, 1.82) is 0 Å². The summed E-state index contributed by atoms with van der Waals surface area (Å²) in [6.07, 6.45) is 0.